The molecule has 6 heteroatoms. The van der Waals surface area contributed by atoms with Crippen LogP contribution in [-0.2, 0) is 13.0 Å². The van der Waals surface area contributed by atoms with E-state index in [-0.39, 0.29) is 0 Å². The van der Waals surface area contributed by atoms with Gasteiger partial charge in [0.1, 0.15) is 9.88 Å². The Labute approximate surface area is 133 Å². The van der Waals surface area contributed by atoms with E-state index in [9.17, 15) is 9.90 Å². The van der Waals surface area contributed by atoms with Crippen LogP contribution in [0.3, 0.4) is 0 Å². The summed E-state index contributed by atoms with van der Waals surface area (Å²) < 4.78 is 0. The van der Waals surface area contributed by atoms with Crippen molar-refractivity contribution in [1.82, 2.24) is 15.2 Å². The molecule has 1 aromatic heterocycles. The smallest absolute Gasteiger partial charge is 0.347 e. The van der Waals surface area contributed by atoms with Gasteiger partial charge in [-0.15, -0.1) is 11.3 Å². The SMILES string of the molecule is O=C(O)c1sc(CN2CCNCC2)nc1Cc1ccccc1. The fourth-order valence-electron chi connectivity index (χ4n) is 2.61. The second-order valence-electron chi connectivity index (χ2n) is 5.38. The summed E-state index contributed by atoms with van der Waals surface area (Å²) in [5.41, 5.74) is 1.76. The average molecular weight is 317 g/mol. The lowest BCUT2D eigenvalue weighted by atomic mass is 10.1. The molecular formula is C16H19N3O2S. The highest BCUT2D eigenvalue weighted by atomic mass is 32.1. The van der Waals surface area contributed by atoms with Gasteiger partial charge in [0.15, 0.2) is 0 Å². The second kappa shape index (κ2) is 7.00. The number of rotatable bonds is 5. The third-order valence-corrected chi connectivity index (χ3v) is 4.79. The third kappa shape index (κ3) is 3.71. The predicted molar refractivity (Wildman–Crippen MR) is 86.5 cm³/mol. The van der Waals surface area contributed by atoms with Gasteiger partial charge < -0.3 is 10.4 Å². The van der Waals surface area contributed by atoms with E-state index in [0.29, 0.717) is 17.0 Å². The van der Waals surface area contributed by atoms with Gasteiger partial charge in [-0.1, -0.05) is 30.3 Å². The van der Waals surface area contributed by atoms with Gasteiger partial charge in [0.05, 0.1) is 12.2 Å². The summed E-state index contributed by atoms with van der Waals surface area (Å²) in [6.07, 6.45) is 0.570. The van der Waals surface area contributed by atoms with Gasteiger partial charge >= 0.3 is 5.97 Å². The van der Waals surface area contributed by atoms with Gasteiger partial charge in [-0.3, -0.25) is 4.90 Å². The van der Waals surface area contributed by atoms with Crippen LogP contribution in [0, 0.1) is 0 Å². The molecule has 0 bridgehead atoms. The van der Waals surface area contributed by atoms with Crippen molar-refractivity contribution in [3.63, 3.8) is 0 Å². The Morgan fingerprint density at radius 2 is 2.00 bits per heavy atom. The van der Waals surface area contributed by atoms with Crippen molar-refractivity contribution in [3.8, 4) is 0 Å². The largest absolute Gasteiger partial charge is 0.477 e. The van der Waals surface area contributed by atoms with Crippen LogP contribution in [0.25, 0.3) is 0 Å². The molecule has 22 heavy (non-hydrogen) atoms. The first-order chi connectivity index (χ1) is 10.7. The van der Waals surface area contributed by atoms with Gasteiger partial charge in [-0.25, -0.2) is 9.78 Å². The molecule has 1 aliphatic heterocycles. The van der Waals surface area contributed by atoms with Gasteiger partial charge in [0.25, 0.3) is 0 Å². The first-order valence-electron chi connectivity index (χ1n) is 7.41. The Balaban J connectivity index is 1.78. The number of benzene rings is 1. The number of carboxylic acid groups (broad SMARTS) is 1. The van der Waals surface area contributed by atoms with E-state index in [2.05, 4.69) is 15.2 Å². The zero-order chi connectivity index (χ0) is 15.4. The monoisotopic (exact) mass is 317 g/mol. The predicted octanol–water partition coefficient (Wildman–Crippen LogP) is 1.84. The maximum absolute atomic E-state index is 11.5. The van der Waals surface area contributed by atoms with Gasteiger partial charge in [0, 0.05) is 32.6 Å². The van der Waals surface area contributed by atoms with E-state index in [1.807, 2.05) is 30.3 Å². The number of hydrogen-bond acceptors (Lipinski definition) is 5. The topological polar surface area (TPSA) is 65.5 Å². The van der Waals surface area contributed by atoms with Crippen LogP contribution in [-0.4, -0.2) is 47.1 Å². The molecule has 0 unspecified atom stereocenters. The van der Waals surface area contributed by atoms with Crippen molar-refractivity contribution >= 4 is 17.3 Å². The molecule has 116 valence electrons. The molecule has 2 aromatic rings. The zero-order valence-corrected chi connectivity index (χ0v) is 13.1. The molecule has 0 atom stereocenters. The molecule has 3 rings (SSSR count). The van der Waals surface area contributed by atoms with Gasteiger partial charge in [-0.2, -0.15) is 0 Å². The lowest BCUT2D eigenvalue weighted by molar-refractivity contribution is 0.0701. The van der Waals surface area contributed by atoms with Crippen LogP contribution in [0.1, 0.15) is 25.9 Å². The first kappa shape index (κ1) is 15.1. The Hall–Kier alpha value is -1.76. The summed E-state index contributed by atoms with van der Waals surface area (Å²) >= 11 is 1.31. The van der Waals surface area contributed by atoms with Crippen molar-refractivity contribution in [3.05, 3.63) is 51.5 Å². The normalized spacial score (nSPS) is 15.8. The summed E-state index contributed by atoms with van der Waals surface area (Å²) in [6, 6.07) is 9.88. The number of carboxylic acids is 1. The molecular weight excluding hydrogens is 298 g/mol. The van der Waals surface area contributed by atoms with Crippen molar-refractivity contribution in [2.75, 3.05) is 26.2 Å². The summed E-state index contributed by atoms with van der Waals surface area (Å²) in [4.78, 5) is 18.7. The summed E-state index contributed by atoms with van der Waals surface area (Å²) in [5.74, 6) is -0.880. The van der Waals surface area contributed by atoms with Crippen molar-refractivity contribution in [1.29, 1.82) is 0 Å². The summed E-state index contributed by atoms with van der Waals surface area (Å²) in [7, 11) is 0. The highest BCUT2D eigenvalue weighted by molar-refractivity contribution is 7.13. The Morgan fingerprint density at radius 1 is 1.27 bits per heavy atom. The lowest BCUT2D eigenvalue weighted by Crippen LogP contribution is -2.42. The standard InChI is InChI=1S/C16H19N3O2S/c20-16(21)15-13(10-12-4-2-1-3-5-12)18-14(22-15)11-19-8-6-17-7-9-19/h1-5,17H,6-11H2,(H,20,21). The van der Waals surface area contributed by atoms with Crippen LogP contribution in [0.2, 0.25) is 0 Å². The Kier molecular flexibility index (Phi) is 4.82. The quantitative estimate of drug-likeness (QED) is 0.881. The van der Waals surface area contributed by atoms with Crippen LogP contribution in [0.5, 0.6) is 0 Å². The molecule has 1 fully saturated rings. The van der Waals surface area contributed by atoms with Crippen molar-refractivity contribution < 1.29 is 9.90 Å². The molecule has 1 aromatic carbocycles. The number of piperazine rings is 1. The number of hydrogen-bond donors (Lipinski definition) is 2. The maximum atomic E-state index is 11.5. The fourth-order valence-corrected chi connectivity index (χ4v) is 3.57. The van der Waals surface area contributed by atoms with Gasteiger partial charge in [-0.05, 0) is 5.56 Å². The zero-order valence-electron chi connectivity index (χ0n) is 12.3. The lowest BCUT2D eigenvalue weighted by Gasteiger charge is -2.26. The minimum atomic E-state index is -0.880. The van der Waals surface area contributed by atoms with E-state index in [0.717, 1.165) is 43.3 Å². The van der Waals surface area contributed by atoms with Crippen LogP contribution < -0.4 is 5.32 Å². The molecule has 2 N–H and O–H groups in total. The van der Waals surface area contributed by atoms with Crippen LogP contribution in [0.15, 0.2) is 30.3 Å². The molecule has 0 aliphatic carbocycles. The molecule has 0 radical (unpaired) electrons. The minimum Gasteiger partial charge on any atom is -0.477 e. The molecule has 0 spiro atoms. The summed E-state index contributed by atoms with van der Waals surface area (Å²) in [5, 5.41) is 13.6. The molecule has 5 nitrogen and oxygen atoms in total. The highest BCUT2D eigenvalue weighted by Gasteiger charge is 2.19. The van der Waals surface area contributed by atoms with E-state index >= 15 is 0 Å². The minimum absolute atomic E-state index is 0.369. The Morgan fingerprint density at radius 3 is 2.68 bits per heavy atom. The Bertz CT molecular complexity index is 636. The van der Waals surface area contributed by atoms with Crippen molar-refractivity contribution in [2.45, 2.75) is 13.0 Å². The number of thiazole rings is 1. The number of carbonyl (C=O) groups is 1. The second-order valence-corrected chi connectivity index (χ2v) is 6.46. The maximum Gasteiger partial charge on any atom is 0.347 e. The molecule has 2 heterocycles. The number of aromatic nitrogens is 1. The van der Waals surface area contributed by atoms with Crippen molar-refractivity contribution in [2.24, 2.45) is 0 Å². The third-order valence-electron chi connectivity index (χ3n) is 3.72. The van der Waals surface area contributed by atoms with Gasteiger partial charge in [0.2, 0.25) is 0 Å². The van der Waals surface area contributed by atoms with E-state index in [1.165, 1.54) is 11.3 Å². The van der Waals surface area contributed by atoms with E-state index in [4.69, 9.17) is 0 Å². The van der Waals surface area contributed by atoms with E-state index < -0.39 is 5.97 Å². The number of nitrogens with zero attached hydrogens (tertiary/aromatic N) is 2. The molecule has 0 amide bonds. The molecule has 0 saturated carbocycles. The highest BCUT2D eigenvalue weighted by Crippen LogP contribution is 2.23. The fraction of sp³-hybridized carbons (Fsp3) is 0.375. The molecule has 1 saturated heterocycles. The van der Waals surface area contributed by atoms with Crippen LogP contribution in [0.4, 0.5) is 0 Å². The molecule has 1 aliphatic rings. The number of nitrogens with one attached hydrogen (secondary N) is 1. The van der Waals surface area contributed by atoms with E-state index in [1.54, 1.807) is 0 Å². The number of aromatic carboxylic acids is 1. The van der Waals surface area contributed by atoms with Crippen LogP contribution >= 0.6 is 11.3 Å². The average Bonchev–Trinajstić information content (AvgIpc) is 2.92. The first-order valence-corrected chi connectivity index (χ1v) is 8.23. The summed E-state index contributed by atoms with van der Waals surface area (Å²) in [6.45, 7) is 4.66.